The van der Waals surface area contributed by atoms with E-state index in [-0.39, 0.29) is 23.4 Å². The van der Waals surface area contributed by atoms with Gasteiger partial charge in [-0.2, -0.15) is 13.2 Å². The highest BCUT2D eigenvalue weighted by atomic mass is 35.5. The lowest BCUT2D eigenvalue weighted by Gasteiger charge is -2.22. The van der Waals surface area contributed by atoms with Gasteiger partial charge in [-0.3, -0.25) is 9.59 Å². The molecule has 0 aromatic heterocycles. The van der Waals surface area contributed by atoms with E-state index in [1.54, 1.807) is 6.92 Å². The van der Waals surface area contributed by atoms with Gasteiger partial charge in [0.15, 0.2) is 0 Å². The number of likely N-dealkylation sites (tertiary alicyclic amines) is 1. The van der Waals surface area contributed by atoms with Gasteiger partial charge in [0.05, 0.1) is 10.6 Å². The van der Waals surface area contributed by atoms with Crippen molar-refractivity contribution in [2.24, 2.45) is 0 Å². The van der Waals surface area contributed by atoms with Crippen molar-refractivity contribution in [3.63, 3.8) is 0 Å². The number of halogens is 4. The minimum Gasteiger partial charge on any atom is -0.350 e. The predicted molar refractivity (Wildman–Crippen MR) is 78.7 cm³/mol. The van der Waals surface area contributed by atoms with Crippen LogP contribution in [0.5, 0.6) is 0 Å². The Balaban J connectivity index is 2.04. The molecule has 126 valence electrons. The van der Waals surface area contributed by atoms with Crippen molar-refractivity contribution in [2.75, 3.05) is 6.54 Å². The number of hydrogen-bond acceptors (Lipinski definition) is 2. The van der Waals surface area contributed by atoms with Crippen LogP contribution in [0.25, 0.3) is 0 Å². The van der Waals surface area contributed by atoms with E-state index in [0.29, 0.717) is 24.9 Å². The van der Waals surface area contributed by atoms with Gasteiger partial charge in [-0.1, -0.05) is 17.7 Å². The van der Waals surface area contributed by atoms with Crippen LogP contribution >= 0.6 is 11.6 Å². The molecule has 0 spiro atoms. The van der Waals surface area contributed by atoms with Crippen LogP contribution < -0.4 is 5.32 Å². The summed E-state index contributed by atoms with van der Waals surface area (Å²) < 4.78 is 38.4. The van der Waals surface area contributed by atoms with E-state index in [2.05, 4.69) is 5.32 Å². The molecule has 1 atom stereocenters. The van der Waals surface area contributed by atoms with Crippen molar-refractivity contribution < 1.29 is 22.8 Å². The highest BCUT2D eigenvalue weighted by Crippen LogP contribution is 2.35. The van der Waals surface area contributed by atoms with Gasteiger partial charge in [0.2, 0.25) is 11.8 Å². The van der Waals surface area contributed by atoms with E-state index < -0.39 is 17.8 Å². The first-order valence-corrected chi connectivity index (χ1v) is 7.54. The number of amides is 2. The Morgan fingerprint density at radius 1 is 1.43 bits per heavy atom. The molecule has 2 amide bonds. The Kier molecular flexibility index (Phi) is 5.19. The molecule has 8 heteroatoms. The zero-order valence-corrected chi connectivity index (χ0v) is 13.2. The van der Waals surface area contributed by atoms with Crippen LogP contribution in [-0.4, -0.2) is 29.3 Å². The summed E-state index contributed by atoms with van der Waals surface area (Å²) in [4.78, 5) is 25.2. The maximum absolute atomic E-state index is 12.8. The van der Waals surface area contributed by atoms with Crippen LogP contribution in [0.2, 0.25) is 5.02 Å². The van der Waals surface area contributed by atoms with Gasteiger partial charge in [0.1, 0.15) is 6.04 Å². The minimum absolute atomic E-state index is 0.0542. The van der Waals surface area contributed by atoms with Gasteiger partial charge in [0.25, 0.3) is 0 Å². The van der Waals surface area contributed by atoms with E-state index >= 15 is 0 Å². The first-order valence-electron chi connectivity index (χ1n) is 7.16. The number of hydrogen-bond donors (Lipinski definition) is 1. The fourth-order valence-corrected chi connectivity index (χ4v) is 2.83. The number of nitrogens with zero attached hydrogens (tertiary/aromatic N) is 1. The highest BCUT2D eigenvalue weighted by Gasteiger charge is 2.35. The molecule has 0 bridgehead atoms. The van der Waals surface area contributed by atoms with E-state index in [9.17, 15) is 22.8 Å². The predicted octanol–water partition coefficient (Wildman–Crippen LogP) is 2.99. The van der Waals surface area contributed by atoms with Crippen LogP contribution in [0.15, 0.2) is 18.2 Å². The van der Waals surface area contributed by atoms with E-state index in [1.165, 1.54) is 11.0 Å². The molecular weight excluding hydrogens is 333 g/mol. The number of carbonyl (C=O) groups is 2. The molecule has 0 radical (unpaired) electrons. The van der Waals surface area contributed by atoms with E-state index in [0.717, 1.165) is 12.1 Å². The summed E-state index contributed by atoms with van der Waals surface area (Å²) in [6.45, 7) is 2.15. The van der Waals surface area contributed by atoms with Gasteiger partial charge in [-0.25, -0.2) is 0 Å². The second kappa shape index (κ2) is 6.78. The Labute approximate surface area is 136 Å². The molecule has 1 saturated heterocycles. The summed E-state index contributed by atoms with van der Waals surface area (Å²) in [5, 5.41) is 2.20. The average Bonchev–Trinajstić information content (AvgIpc) is 2.85. The Bertz CT molecular complexity index is 619. The van der Waals surface area contributed by atoms with Crippen LogP contribution in [0.1, 0.15) is 30.9 Å². The third kappa shape index (κ3) is 3.96. The van der Waals surface area contributed by atoms with Gasteiger partial charge in [-0.05, 0) is 31.0 Å². The molecule has 1 N–H and O–H groups in total. The molecule has 1 fully saturated rings. The number of carbonyl (C=O) groups excluding carboxylic acids is 2. The average molecular weight is 349 g/mol. The number of likely N-dealkylation sites (N-methyl/N-ethyl adjacent to an activating group) is 1. The number of rotatable bonds is 4. The maximum Gasteiger partial charge on any atom is 0.417 e. The third-order valence-electron chi connectivity index (χ3n) is 3.77. The van der Waals surface area contributed by atoms with Gasteiger partial charge >= 0.3 is 6.18 Å². The molecule has 2 rings (SSSR count). The van der Waals surface area contributed by atoms with Crippen molar-refractivity contribution in [2.45, 2.75) is 38.5 Å². The fraction of sp³-hybridized carbons (Fsp3) is 0.467. The smallest absolute Gasteiger partial charge is 0.350 e. The molecule has 1 aliphatic heterocycles. The minimum atomic E-state index is -4.55. The quantitative estimate of drug-likeness (QED) is 0.909. The summed E-state index contributed by atoms with van der Waals surface area (Å²) in [7, 11) is 0. The molecule has 23 heavy (non-hydrogen) atoms. The number of nitrogens with one attached hydrogen (secondary N) is 1. The highest BCUT2D eigenvalue weighted by molar-refractivity contribution is 6.31. The second-order valence-corrected chi connectivity index (χ2v) is 5.67. The lowest BCUT2D eigenvalue weighted by molar-refractivity contribution is -0.137. The van der Waals surface area contributed by atoms with Crippen molar-refractivity contribution in [1.82, 2.24) is 10.2 Å². The van der Waals surface area contributed by atoms with Gasteiger partial charge in [-0.15, -0.1) is 0 Å². The van der Waals surface area contributed by atoms with Gasteiger partial charge in [0, 0.05) is 19.5 Å². The van der Waals surface area contributed by atoms with Crippen molar-refractivity contribution in [3.8, 4) is 0 Å². The Hall–Kier alpha value is -1.76. The molecule has 4 nitrogen and oxygen atoms in total. The molecule has 1 aromatic rings. The van der Waals surface area contributed by atoms with Crippen LogP contribution in [-0.2, 0) is 22.3 Å². The Morgan fingerprint density at radius 3 is 2.74 bits per heavy atom. The first kappa shape index (κ1) is 17.6. The van der Waals surface area contributed by atoms with Gasteiger partial charge < -0.3 is 10.2 Å². The topological polar surface area (TPSA) is 49.4 Å². The van der Waals surface area contributed by atoms with E-state index in [1.807, 2.05) is 0 Å². The summed E-state index contributed by atoms with van der Waals surface area (Å²) in [6.07, 6.45) is -3.81. The second-order valence-electron chi connectivity index (χ2n) is 5.26. The lowest BCUT2D eigenvalue weighted by atomic mass is 10.1. The third-order valence-corrected chi connectivity index (χ3v) is 4.10. The summed E-state index contributed by atoms with van der Waals surface area (Å²) >= 11 is 5.55. The maximum atomic E-state index is 12.8. The van der Waals surface area contributed by atoms with Crippen LogP contribution in [0.4, 0.5) is 13.2 Å². The van der Waals surface area contributed by atoms with Crippen molar-refractivity contribution in [3.05, 3.63) is 34.3 Å². The molecule has 0 aliphatic carbocycles. The molecule has 1 aliphatic rings. The Morgan fingerprint density at radius 2 is 2.13 bits per heavy atom. The molecule has 1 aromatic carbocycles. The molecule has 1 heterocycles. The summed E-state index contributed by atoms with van der Waals surface area (Å²) in [5.41, 5.74) is -0.639. The number of alkyl halides is 3. The van der Waals surface area contributed by atoms with Crippen LogP contribution in [0, 0.1) is 0 Å². The monoisotopic (exact) mass is 348 g/mol. The summed E-state index contributed by atoms with van der Waals surface area (Å²) in [6, 6.07) is 2.94. The normalized spacial score (nSPS) is 18.4. The molecular formula is C15H16ClF3N2O2. The molecule has 0 saturated carbocycles. The standard InChI is InChI=1S/C15H16ClF3N2O2/c1-2-21-12(5-6-13(21)22)14(23)20-8-9-3-4-11(16)10(7-9)15(17,18)19/h3-4,7,12H,2,5-6,8H2,1H3,(H,20,23)/t12-/m1/s1. The summed E-state index contributed by atoms with van der Waals surface area (Å²) in [5.74, 6) is -0.445. The van der Waals surface area contributed by atoms with Crippen molar-refractivity contribution >= 4 is 23.4 Å². The van der Waals surface area contributed by atoms with Crippen molar-refractivity contribution in [1.29, 1.82) is 0 Å². The fourth-order valence-electron chi connectivity index (χ4n) is 2.61. The van der Waals surface area contributed by atoms with Crippen LogP contribution in [0.3, 0.4) is 0 Å². The molecule has 0 unspecified atom stereocenters. The number of benzene rings is 1. The largest absolute Gasteiger partial charge is 0.417 e. The zero-order valence-electron chi connectivity index (χ0n) is 12.4. The zero-order chi connectivity index (χ0) is 17.2. The SMILES string of the molecule is CCN1C(=O)CC[C@@H]1C(=O)NCc1ccc(Cl)c(C(F)(F)F)c1. The van der Waals surface area contributed by atoms with E-state index in [4.69, 9.17) is 11.6 Å². The first-order chi connectivity index (χ1) is 10.7. The lowest BCUT2D eigenvalue weighted by Crippen LogP contribution is -2.44.